The summed E-state index contributed by atoms with van der Waals surface area (Å²) in [5, 5.41) is 99.9. The van der Waals surface area contributed by atoms with E-state index in [1.807, 2.05) is 10.6 Å². The summed E-state index contributed by atoms with van der Waals surface area (Å²) < 4.78 is 0. The predicted molar refractivity (Wildman–Crippen MR) is 265 cm³/mol. The predicted octanol–water partition coefficient (Wildman–Crippen LogP) is -6.05. The molecule has 10 amide bonds. The van der Waals surface area contributed by atoms with E-state index < -0.39 is 171 Å². The third-order valence-electron chi connectivity index (χ3n) is 13.0. The highest BCUT2D eigenvalue weighted by Crippen LogP contribution is 2.23. The topological polar surface area (TPSA) is 472 Å². The lowest BCUT2D eigenvalue weighted by Crippen LogP contribution is -2.66. The van der Waals surface area contributed by atoms with Gasteiger partial charge in [0.2, 0.25) is 59.1 Å². The molecule has 0 aliphatic carbocycles. The molecule has 12 atom stereocenters. The summed E-state index contributed by atoms with van der Waals surface area (Å²) in [6.07, 6.45) is -0.426. The van der Waals surface area contributed by atoms with Crippen molar-refractivity contribution in [3.63, 3.8) is 0 Å². The van der Waals surface area contributed by atoms with Crippen molar-refractivity contribution in [3.8, 4) is 5.75 Å². The van der Waals surface area contributed by atoms with Gasteiger partial charge in [-0.2, -0.15) is 0 Å². The van der Waals surface area contributed by atoms with Crippen LogP contribution in [0.15, 0.2) is 24.3 Å². The van der Waals surface area contributed by atoms with E-state index in [-0.39, 0.29) is 24.2 Å². The average Bonchev–Trinajstić information content (AvgIpc) is 3.78. The van der Waals surface area contributed by atoms with E-state index in [0.717, 1.165) is 67.7 Å². The van der Waals surface area contributed by atoms with Crippen LogP contribution < -0.4 is 48.7 Å². The van der Waals surface area contributed by atoms with Crippen molar-refractivity contribution in [1.82, 2.24) is 42.1 Å². The van der Waals surface area contributed by atoms with Gasteiger partial charge in [0.05, 0.1) is 32.0 Å². The number of rotatable bonds is 22. The standard InChI is InChI=1S/C48H76N10O18/c1-2-3-4-5-6-7-8-9-10-11-12-27(61)18-15-26-19-33(64)51-21-34(65)53-31(24-60)48(76)58-22-29(63)20-32(58)44(72)54-30(23-59)43(71)55-35(38(66)25-13-16-28(62)17-14-25)46(74)57-37(40(68)42(50)70)47(75)56-36(45(73)52-26)39(67)41(49)69/h13-14,16-17,26-27,29-32,35-40,59-63,66-68H,2-12,15,18-24H2,1H3,(H2,49,69)(H2,50,70)(H,51,64)(H,52,73)(H,53,65)(H,54,72)(H,55,71)(H,56,75)(H,57,74)/t26-,27-,29-,30-,31+,32-,35+,36+,37+,38+,39+,40+/m0/s1. The minimum absolute atomic E-state index is 0.0400. The second kappa shape index (κ2) is 32.1. The number of aromatic hydroxyl groups is 1. The van der Waals surface area contributed by atoms with Crippen LogP contribution in [0.25, 0.3) is 0 Å². The maximum absolute atomic E-state index is 14.2. The number of fused-ring (bicyclic) bond motifs is 1. The largest absolute Gasteiger partial charge is 0.508 e. The molecule has 2 aliphatic rings. The van der Waals surface area contributed by atoms with Gasteiger partial charge in [-0.3, -0.25) is 47.9 Å². The number of unbranched alkanes of at least 4 members (excludes halogenated alkanes) is 9. The van der Waals surface area contributed by atoms with Gasteiger partial charge in [0.25, 0.3) is 0 Å². The van der Waals surface area contributed by atoms with E-state index in [4.69, 9.17) is 11.5 Å². The van der Waals surface area contributed by atoms with Crippen LogP contribution in [-0.4, -0.2) is 198 Å². The molecule has 19 N–H and O–H groups in total. The summed E-state index contributed by atoms with van der Waals surface area (Å²) in [7, 11) is 0. The van der Waals surface area contributed by atoms with Crippen LogP contribution in [-0.2, 0) is 47.9 Å². The molecule has 2 heterocycles. The summed E-state index contributed by atoms with van der Waals surface area (Å²) in [5.74, 6) is -14.1. The van der Waals surface area contributed by atoms with E-state index in [9.17, 15) is 88.8 Å². The van der Waals surface area contributed by atoms with Gasteiger partial charge in [0.1, 0.15) is 48.1 Å². The Labute approximate surface area is 438 Å². The highest BCUT2D eigenvalue weighted by molar-refractivity contribution is 6.01. The summed E-state index contributed by atoms with van der Waals surface area (Å²) in [4.78, 5) is 136. The number of aliphatic hydroxyl groups is 7. The quantitative estimate of drug-likeness (QED) is 0.0481. The Morgan fingerprint density at radius 3 is 1.68 bits per heavy atom. The molecular formula is C48H76N10O18. The number of nitrogens with two attached hydrogens (primary N) is 2. The fourth-order valence-electron chi connectivity index (χ4n) is 8.59. The number of hydrogen-bond acceptors (Lipinski definition) is 18. The highest BCUT2D eigenvalue weighted by Gasteiger charge is 2.44. The van der Waals surface area contributed by atoms with Gasteiger partial charge in [-0.1, -0.05) is 83.3 Å². The van der Waals surface area contributed by atoms with E-state index in [2.05, 4.69) is 33.5 Å². The fourth-order valence-corrected chi connectivity index (χ4v) is 8.59. The summed E-state index contributed by atoms with van der Waals surface area (Å²) in [6.45, 7) is -1.52. The number of amides is 10. The Bertz CT molecular complexity index is 2140. The Morgan fingerprint density at radius 2 is 1.14 bits per heavy atom. The molecule has 28 heteroatoms. The van der Waals surface area contributed by atoms with Gasteiger partial charge in [0.15, 0.2) is 12.2 Å². The number of hydrogen-bond donors (Lipinski definition) is 17. The molecule has 0 aromatic heterocycles. The lowest BCUT2D eigenvalue weighted by atomic mass is 9.99. The van der Waals surface area contributed by atoms with Crippen LogP contribution in [0.2, 0.25) is 0 Å². The second-order valence-electron chi connectivity index (χ2n) is 19.0. The maximum atomic E-state index is 14.2. The average molecular weight is 1080 g/mol. The molecule has 2 saturated heterocycles. The third-order valence-corrected chi connectivity index (χ3v) is 13.0. The molecular weight excluding hydrogens is 1000 g/mol. The number of phenols is 1. The maximum Gasteiger partial charge on any atom is 0.248 e. The van der Waals surface area contributed by atoms with Crippen LogP contribution in [0, 0.1) is 0 Å². The molecule has 28 nitrogen and oxygen atoms in total. The first-order chi connectivity index (χ1) is 36.0. The summed E-state index contributed by atoms with van der Waals surface area (Å²) in [5.41, 5.74) is 10.4. The first-order valence-electron chi connectivity index (χ1n) is 25.4. The van der Waals surface area contributed by atoms with Crippen molar-refractivity contribution in [3.05, 3.63) is 29.8 Å². The zero-order chi connectivity index (χ0) is 56.6. The molecule has 2 aliphatic heterocycles. The first kappa shape index (κ1) is 63.7. The van der Waals surface area contributed by atoms with Gasteiger partial charge in [-0.25, -0.2) is 0 Å². The normalized spacial score (nSPS) is 25.6. The molecule has 0 spiro atoms. The van der Waals surface area contributed by atoms with Crippen LogP contribution in [0.5, 0.6) is 5.75 Å². The number of primary amides is 2. The minimum Gasteiger partial charge on any atom is -0.508 e. The molecule has 0 saturated carbocycles. The van der Waals surface area contributed by atoms with E-state index in [0.29, 0.717) is 12.8 Å². The molecule has 426 valence electrons. The van der Waals surface area contributed by atoms with Crippen molar-refractivity contribution < 1.29 is 88.8 Å². The minimum atomic E-state index is -2.71. The zero-order valence-electron chi connectivity index (χ0n) is 42.4. The number of aliphatic hydroxyl groups excluding tert-OH is 7. The SMILES string of the molecule is CCCCCCCCCCCC[C@H](O)CC[C@H]1CC(=O)NCC(=O)N[C@H](CO)C(=O)N2C[C@@H](O)C[C@H]2C(=O)N[C@@H](CO)C(=O)N[C@H]([C@H](O)c2ccc(O)cc2)C(=O)N[C@H]([C@@H](O)C(N)=O)C(=O)N[C@H]([C@@H](O)C(N)=O)C(=O)N1. The molecule has 0 radical (unpaired) electrons. The van der Waals surface area contributed by atoms with Gasteiger partial charge in [0, 0.05) is 25.4 Å². The summed E-state index contributed by atoms with van der Waals surface area (Å²) >= 11 is 0. The monoisotopic (exact) mass is 1080 g/mol. The van der Waals surface area contributed by atoms with Crippen molar-refractivity contribution in [2.45, 2.75) is 176 Å². The molecule has 2 fully saturated rings. The zero-order valence-corrected chi connectivity index (χ0v) is 42.4. The smallest absolute Gasteiger partial charge is 0.248 e. The highest BCUT2D eigenvalue weighted by atomic mass is 16.3. The number of nitrogens with zero attached hydrogens (tertiary/aromatic N) is 1. The molecule has 0 bridgehead atoms. The third kappa shape index (κ3) is 20.2. The van der Waals surface area contributed by atoms with E-state index in [1.54, 1.807) is 0 Å². The number of nitrogens with one attached hydrogen (secondary N) is 7. The van der Waals surface area contributed by atoms with Crippen LogP contribution in [0.1, 0.15) is 115 Å². The van der Waals surface area contributed by atoms with Crippen molar-refractivity contribution in [2.75, 3.05) is 26.3 Å². The number of carbonyl (C=O) groups is 10. The Hall–Kier alpha value is -6.56. The number of carbonyl (C=O) groups excluding carboxylic acids is 10. The Balaban J connectivity index is 2.05. The Morgan fingerprint density at radius 1 is 0.632 bits per heavy atom. The van der Waals surface area contributed by atoms with Crippen LogP contribution in [0.4, 0.5) is 0 Å². The van der Waals surface area contributed by atoms with Crippen molar-refractivity contribution >= 4 is 59.1 Å². The van der Waals surface area contributed by atoms with Crippen molar-refractivity contribution in [1.29, 1.82) is 0 Å². The molecule has 3 rings (SSSR count). The lowest BCUT2D eigenvalue weighted by Gasteiger charge is -2.31. The molecule has 76 heavy (non-hydrogen) atoms. The first-order valence-corrected chi connectivity index (χ1v) is 25.4. The van der Waals surface area contributed by atoms with Crippen LogP contribution >= 0.6 is 0 Å². The fraction of sp³-hybridized carbons (Fsp3) is 0.667. The Kier molecular flexibility index (Phi) is 26.9. The lowest BCUT2D eigenvalue weighted by molar-refractivity contribution is -0.144. The summed E-state index contributed by atoms with van der Waals surface area (Å²) in [6, 6.07) is -9.79. The molecule has 1 aromatic rings. The van der Waals surface area contributed by atoms with Gasteiger partial charge < -0.3 is 94.4 Å². The number of benzene rings is 1. The van der Waals surface area contributed by atoms with Gasteiger partial charge >= 0.3 is 0 Å². The van der Waals surface area contributed by atoms with Crippen molar-refractivity contribution in [2.24, 2.45) is 11.5 Å². The van der Waals surface area contributed by atoms with Gasteiger partial charge in [-0.15, -0.1) is 0 Å². The van der Waals surface area contributed by atoms with Crippen LogP contribution in [0.3, 0.4) is 0 Å². The van der Waals surface area contributed by atoms with Gasteiger partial charge in [-0.05, 0) is 37.0 Å². The van der Waals surface area contributed by atoms with E-state index in [1.165, 1.54) is 19.3 Å². The molecule has 0 unspecified atom stereocenters. The number of phenolic OH excluding ortho intramolecular Hbond substituents is 1. The molecule has 1 aromatic carbocycles. The van der Waals surface area contributed by atoms with E-state index >= 15 is 0 Å². The second-order valence-corrected chi connectivity index (χ2v) is 19.0.